The van der Waals surface area contributed by atoms with Crippen molar-refractivity contribution in [2.24, 2.45) is 0 Å². The normalized spacial score (nSPS) is 12.6. The number of rotatable bonds is 15. The van der Waals surface area contributed by atoms with E-state index in [1.807, 2.05) is 6.92 Å². The molecule has 0 aliphatic rings. The highest BCUT2D eigenvalue weighted by atomic mass is 32.3. The minimum atomic E-state index is -4.04. The summed E-state index contributed by atoms with van der Waals surface area (Å²) in [6.45, 7) is 3.37. The molecule has 0 aliphatic heterocycles. The first-order valence-electron chi connectivity index (χ1n) is 8.41. The lowest BCUT2D eigenvalue weighted by Crippen LogP contribution is -2.19. The van der Waals surface area contributed by atoms with E-state index >= 15 is 0 Å². The molecule has 0 bridgehead atoms. The maximum absolute atomic E-state index is 11.9. The van der Waals surface area contributed by atoms with Crippen LogP contribution in [0.15, 0.2) is 0 Å². The van der Waals surface area contributed by atoms with Gasteiger partial charge in [-0.15, -0.1) is 0 Å². The van der Waals surface area contributed by atoms with E-state index < -0.39 is 10.4 Å². The number of carbonyl (C=O) groups is 3. The Bertz CT molecular complexity index is 526. The van der Waals surface area contributed by atoms with Crippen LogP contribution in [-0.2, 0) is 37.9 Å². The third kappa shape index (κ3) is 12.7. The minimum Gasteiger partial charge on any atom is -0.462 e. The Labute approximate surface area is 149 Å². The highest BCUT2D eigenvalue weighted by Crippen LogP contribution is 2.12. The first-order valence-corrected chi connectivity index (χ1v) is 9.75. The molecular weight excluding hydrogens is 352 g/mol. The summed E-state index contributed by atoms with van der Waals surface area (Å²) in [6, 6.07) is 0. The van der Waals surface area contributed by atoms with Gasteiger partial charge in [0, 0.05) is 32.1 Å². The van der Waals surface area contributed by atoms with Gasteiger partial charge in [-0.2, -0.15) is 8.42 Å². The van der Waals surface area contributed by atoms with Crippen molar-refractivity contribution in [1.82, 2.24) is 0 Å². The zero-order chi connectivity index (χ0) is 19.3. The molecule has 0 heterocycles. The topological polar surface area (TPSA) is 113 Å². The molecule has 1 unspecified atom stereocenters. The van der Waals surface area contributed by atoms with Gasteiger partial charge in [0.2, 0.25) is 0 Å². The molecule has 0 spiro atoms. The fraction of sp³-hybridized carbons (Fsp3) is 0.812. The smallest absolute Gasteiger partial charge is 0.399 e. The van der Waals surface area contributed by atoms with Gasteiger partial charge in [0.15, 0.2) is 0 Å². The van der Waals surface area contributed by atoms with Crippen LogP contribution in [0.3, 0.4) is 0 Å². The zero-order valence-corrected chi connectivity index (χ0v) is 15.9. The maximum Gasteiger partial charge on any atom is 0.399 e. The average Bonchev–Trinajstić information content (AvgIpc) is 2.57. The fourth-order valence-electron chi connectivity index (χ4n) is 2.01. The molecule has 9 heteroatoms. The van der Waals surface area contributed by atoms with Gasteiger partial charge in [-0.25, -0.2) is 4.18 Å². The van der Waals surface area contributed by atoms with Crippen LogP contribution < -0.4 is 0 Å². The van der Waals surface area contributed by atoms with Crippen LogP contribution in [0.2, 0.25) is 0 Å². The third-order valence-electron chi connectivity index (χ3n) is 3.44. The number of hydrogen-bond acceptors (Lipinski definition) is 8. The second kappa shape index (κ2) is 13.0. The summed E-state index contributed by atoms with van der Waals surface area (Å²) < 4.78 is 35.6. The first-order chi connectivity index (χ1) is 11.7. The van der Waals surface area contributed by atoms with E-state index in [1.54, 1.807) is 6.92 Å². The Kier molecular flexibility index (Phi) is 12.3. The molecule has 0 N–H and O–H groups in total. The van der Waals surface area contributed by atoms with E-state index in [0.29, 0.717) is 19.3 Å². The van der Waals surface area contributed by atoms with Crippen molar-refractivity contribution < 1.29 is 35.9 Å². The van der Waals surface area contributed by atoms with Gasteiger partial charge in [-0.05, 0) is 12.8 Å². The predicted molar refractivity (Wildman–Crippen MR) is 90.1 cm³/mol. The molecule has 0 fully saturated rings. The van der Waals surface area contributed by atoms with E-state index in [9.17, 15) is 22.8 Å². The summed E-state index contributed by atoms with van der Waals surface area (Å²) >= 11 is 0. The van der Waals surface area contributed by atoms with Crippen molar-refractivity contribution in [2.45, 2.75) is 71.3 Å². The lowest BCUT2D eigenvalue weighted by molar-refractivity contribution is -0.149. The summed E-state index contributed by atoms with van der Waals surface area (Å²) in [5.74, 6) is -0.637. The molecule has 8 nitrogen and oxygen atoms in total. The standard InChI is InChI=1S/C16H28O8S/c1-4-6-15(24-16(19)5-2)10-9-13(17)7-8-14(18)11-12-23-25(20,21)22-3/h15H,4-12H2,1-3H3. The first kappa shape index (κ1) is 23.7. The van der Waals surface area contributed by atoms with Crippen LogP contribution >= 0.6 is 0 Å². The summed E-state index contributed by atoms with van der Waals surface area (Å²) in [5, 5.41) is 0. The Balaban J connectivity index is 4.04. The second-order valence-electron chi connectivity index (χ2n) is 5.52. The van der Waals surface area contributed by atoms with Gasteiger partial charge in [-0.3, -0.25) is 18.6 Å². The van der Waals surface area contributed by atoms with Crippen molar-refractivity contribution in [3.05, 3.63) is 0 Å². The van der Waals surface area contributed by atoms with E-state index in [0.717, 1.165) is 13.5 Å². The lowest BCUT2D eigenvalue weighted by Gasteiger charge is -2.16. The highest BCUT2D eigenvalue weighted by Gasteiger charge is 2.16. The molecule has 1 atom stereocenters. The lowest BCUT2D eigenvalue weighted by atomic mass is 10.0. The van der Waals surface area contributed by atoms with E-state index in [-0.39, 0.29) is 55.9 Å². The fourth-order valence-corrected chi connectivity index (χ4v) is 2.39. The average molecular weight is 380 g/mol. The molecular formula is C16H28O8S. The van der Waals surface area contributed by atoms with Gasteiger partial charge in [0.1, 0.15) is 17.7 Å². The third-order valence-corrected chi connectivity index (χ3v) is 4.30. The number of esters is 1. The van der Waals surface area contributed by atoms with Crippen molar-refractivity contribution in [3.8, 4) is 0 Å². The maximum atomic E-state index is 11.9. The summed E-state index contributed by atoms with van der Waals surface area (Å²) in [6.07, 6.45) is 2.25. The molecule has 146 valence electrons. The molecule has 0 amide bonds. The number of Topliss-reactive ketones (excluding diaryl/α,β-unsaturated/α-hetero) is 2. The van der Waals surface area contributed by atoms with Gasteiger partial charge in [0.05, 0.1) is 13.7 Å². The van der Waals surface area contributed by atoms with Gasteiger partial charge in [-0.1, -0.05) is 20.3 Å². The largest absolute Gasteiger partial charge is 0.462 e. The Morgan fingerprint density at radius 3 is 2.04 bits per heavy atom. The van der Waals surface area contributed by atoms with Crippen LogP contribution in [0.1, 0.15) is 65.2 Å². The molecule has 0 aromatic carbocycles. The van der Waals surface area contributed by atoms with Gasteiger partial charge < -0.3 is 4.74 Å². The van der Waals surface area contributed by atoms with Crippen LogP contribution in [0.5, 0.6) is 0 Å². The number of ether oxygens (including phenoxy) is 1. The molecule has 0 aromatic heterocycles. The molecule has 0 saturated heterocycles. The molecule has 0 saturated carbocycles. The van der Waals surface area contributed by atoms with Crippen LogP contribution in [0.4, 0.5) is 0 Å². The van der Waals surface area contributed by atoms with E-state index in [1.165, 1.54) is 0 Å². The Morgan fingerprint density at radius 1 is 0.920 bits per heavy atom. The van der Waals surface area contributed by atoms with Crippen molar-refractivity contribution >= 4 is 27.9 Å². The summed E-state index contributed by atoms with van der Waals surface area (Å²) in [4.78, 5) is 34.8. The summed E-state index contributed by atoms with van der Waals surface area (Å²) in [7, 11) is -3.09. The molecule has 0 radical (unpaired) electrons. The Hall–Kier alpha value is -1.32. The number of hydrogen-bond donors (Lipinski definition) is 0. The predicted octanol–water partition coefficient (Wildman–Crippen LogP) is 2.10. The molecule has 0 aliphatic carbocycles. The van der Waals surface area contributed by atoms with E-state index in [4.69, 9.17) is 4.74 Å². The zero-order valence-electron chi connectivity index (χ0n) is 15.1. The SMILES string of the molecule is CCCC(CCC(=O)CCC(=O)CCOS(=O)(=O)OC)OC(=O)CC. The molecule has 0 aromatic rings. The van der Waals surface area contributed by atoms with Crippen molar-refractivity contribution in [2.75, 3.05) is 13.7 Å². The van der Waals surface area contributed by atoms with E-state index in [2.05, 4.69) is 8.37 Å². The number of carbonyl (C=O) groups excluding carboxylic acids is 3. The quantitative estimate of drug-likeness (QED) is 0.397. The van der Waals surface area contributed by atoms with Gasteiger partial charge in [0.25, 0.3) is 0 Å². The van der Waals surface area contributed by atoms with Crippen LogP contribution in [0.25, 0.3) is 0 Å². The molecule has 0 rings (SSSR count). The highest BCUT2D eigenvalue weighted by molar-refractivity contribution is 7.81. The van der Waals surface area contributed by atoms with Crippen molar-refractivity contribution in [1.29, 1.82) is 0 Å². The van der Waals surface area contributed by atoms with Crippen molar-refractivity contribution in [3.63, 3.8) is 0 Å². The molecule has 25 heavy (non-hydrogen) atoms. The second-order valence-corrected chi connectivity index (χ2v) is 6.90. The van der Waals surface area contributed by atoms with Crippen LogP contribution in [-0.4, -0.2) is 45.8 Å². The number of ketones is 2. The van der Waals surface area contributed by atoms with Gasteiger partial charge >= 0.3 is 16.4 Å². The monoisotopic (exact) mass is 380 g/mol. The Morgan fingerprint density at radius 2 is 1.52 bits per heavy atom. The minimum absolute atomic E-state index is 0.0302. The summed E-state index contributed by atoms with van der Waals surface area (Å²) in [5.41, 5.74) is 0. The van der Waals surface area contributed by atoms with Crippen LogP contribution in [0, 0.1) is 0 Å².